The van der Waals surface area contributed by atoms with Crippen LogP contribution in [-0.2, 0) is 26.0 Å². The number of hydrogen-bond acceptors (Lipinski definition) is 5. The predicted octanol–water partition coefficient (Wildman–Crippen LogP) is 3.35. The summed E-state index contributed by atoms with van der Waals surface area (Å²) >= 11 is 0. The molecule has 0 spiro atoms. The molecule has 0 fully saturated rings. The average Bonchev–Trinajstić information content (AvgIpc) is 3.12. The Morgan fingerprint density at radius 1 is 1.14 bits per heavy atom. The lowest BCUT2D eigenvalue weighted by molar-refractivity contribution is -0.116. The zero-order chi connectivity index (χ0) is 21.0. The molecule has 1 aliphatic heterocycles. The van der Waals surface area contributed by atoms with E-state index in [9.17, 15) is 18.0 Å². The van der Waals surface area contributed by atoms with Crippen LogP contribution in [-0.4, -0.2) is 33.4 Å². The summed E-state index contributed by atoms with van der Waals surface area (Å²) in [5.74, 6) is -0.493. The summed E-state index contributed by atoms with van der Waals surface area (Å²) in [6, 6.07) is 10.9. The van der Waals surface area contributed by atoms with Crippen molar-refractivity contribution in [1.82, 2.24) is 0 Å². The summed E-state index contributed by atoms with van der Waals surface area (Å²) in [5, 5.41) is 0. The van der Waals surface area contributed by atoms with Crippen LogP contribution in [0.4, 0.5) is 11.4 Å². The summed E-state index contributed by atoms with van der Waals surface area (Å²) in [6.07, 6.45) is 2.35. The van der Waals surface area contributed by atoms with E-state index in [4.69, 9.17) is 4.74 Å². The maximum absolute atomic E-state index is 12.7. The largest absolute Gasteiger partial charge is 0.462 e. The van der Waals surface area contributed by atoms with Gasteiger partial charge in [-0.15, -0.1) is 0 Å². The maximum Gasteiger partial charge on any atom is 0.338 e. The van der Waals surface area contributed by atoms with Crippen LogP contribution in [0.3, 0.4) is 0 Å². The molecule has 3 rings (SSSR count). The second-order valence-corrected chi connectivity index (χ2v) is 8.57. The van der Waals surface area contributed by atoms with Gasteiger partial charge in [-0.2, -0.15) is 0 Å². The van der Waals surface area contributed by atoms with Gasteiger partial charge in [0.15, 0.2) is 0 Å². The second kappa shape index (κ2) is 8.65. The Kier molecular flexibility index (Phi) is 6.22. The van der Waals surface area contributed by atoms with Gasteiger partial charge in [-0.05, 0) is 60.9 Å². The SMILES string of the molecule is CCCCOC(=O)c1ccc(NS(=O)(=O)c2ccc3c(c2)CCN3C(C)=O)cc1. The van der Waals surface area contributed by atoms with Gasteiger partial charge in [-0.1, -0.05) is 13.3 Å². The number of fused-ring (bicyclic) bond motifs is 1. The highest BCUT2D eigenvalue weighted by Gasteiger charge is 2.24. The minimum absolute atomic E-state index is 0.0641. The number of esters is 1. The zero-order valence-electron chi connectivity index (χ0n) is 16.5. The van der Waals surface area contributed by atoms with Crippen molar-refractivity contribution in [1.29, 1.82) is 0 Å². The Bertz CT molecular complexity index is 1020. The van der Waals surface area contributed by atoms with Gasteiger partial charge >= 0.3 is 5.97 Å². The first-order valence-corrected chi connectivity index (χ1v) is 11.0. The molecule has 29 heavy (non-hydrogen) atoms. The van der Waals surface area contributed by atoms with Crippen molar-refractivity contribution >= 4 is 33.3 Å². The predicted molar refractivity (Wildman–Crippen MR) is 111 cm³/mol. The van der Waals surface area contributed by atoms with Gasteiger partial charge in [-0.25, -0.2) is 13.2 Å². The molecule has 0 saturated heterocycles. The van der Waals surface area contributed by atoms with Crippen molar-refractivity contribution < 1.29 is 22.7 Å². The quantitative estimate of drug-likeness (QED) is 0.552. The fourth-order valence-corrected chi connectivity index (χ4v) is 4.26. The Morgan fingerprint density at radius 2 is 1.86 bits per heavy atom. The number of unbranched alkanes of at least 4 members (excludes halogenated alkanes) is 1. The molecule has 0 unspecified atom stereocenters. The van der Waals surface area contributed by atoms with Gasteiger partial charge in [0.05, 0.1) is 17.1 Å². The van der Waals surface area contributed by atoms with Crippen LogP contribution in [0, 0.1) is 0 Å². The number of carbonyl (C=O) groups is 2. The number of nitrogens with zero attached hydrogens (tertiary/aromatic N) is 1. The molecular weight excluding hydrogens is 392 g/mol. The van der Waals surface area contributed by atoms with Gasteiger partial charge in [-0.3, -0.25) is 9.52 Å². The molecule has 7 nitrogen and oxygen atoms in total. The van der Waals surface area contributed by atoms with Gasteiger partial charge in [0, 0.05) is 24.8 Å². The third kappa shape index (κ3) is 4.76. The number of carbonyl (C=O) groups excluding carboxylic acids is 2. The fraction of sp³-hybridized carbons (Fsp3) is 0.333. The minimum Gasteiger partial charge on any atom is -0.462 e. The van der Waals surface area contributed by atoms with Crippen LogP contribution >= 0.6 is 0 Å². The molecule has 2 aromatic carbocycles. The molecular formula is C21H24N2O5S. The number of nitrogens with one attached hydrogen (secondary N) is 1. The molecule has 0 saturated carbocycles. The van der Waals surface area contributed by atoms with Crippen molar-refractivity contribution in [2.45, 2.75) is 38.0 Å². The zero-order valence-corrected chi connectivity index (χ0v) is 17.3. The number of anilines is 2. The van der Waals surface area contributed by atoms with Gasteiger partial charge < -0.3 is 9.64 Å². The summed E-state index contributed by atoms with van der Waals surface area (Å²) < 4.78 is 33.1. The lowest BCUT2D eigenvalue weighted by atomic mass is 10.2. The van der Waals surface area contributed by atoms with E-state index >= 15 is 0 Å². The summed E-state index contributed by atoms with van der Waals surface area (Å²) in [6.45, 7) is 4.42. The fourth-order valence-electron chi connectivity index (χ4n) is 3.15. The summed E-state index contributed by atoms with van der Waals surface area (Å²) in [4.78, 5) is 25.3. The Hall–Kier alpha value is -2.87. The highest BCUT2D eigenvalue weighted by Crippen LogP contribution is 2.30. The number of benzene rings is 2. The van der Waals surface area contributed by atoms with Crippen molar-refractivity contribution in [3.05, 3.63) is 53.6 Å². The molecule has 0 bridgehead atoms. The van der Waals surface area contributed by atoms with E-state index in [-0.39, 0.29) is 10.8 Å². The van der Waals surface area contributed by atoms with E-state index in [1.807, 2.05) is 6.92 Å². The van der Waals surface area contributed by atoms with E-state index in [2.05, 4.69) is 4.72 Å². The molecule has 0 aliphatic carbocycles. The Morgan fingerprint density at radius 3 is 2.52 bits per heavy atom. The maximum atomic E-state index is 12.7. The first-order valence-electron chi connectivity index (χ1n) is 9.53. The molecule has 0 atom stereocenters. The minimum atomic E-state index is -3.79. The molecule has 1 heterocycles. The van der Waals surface area contributed by atoms with Crippen LogP contribution in [0.2, 0.25) is 0 Å². The summed E-state index contributed by atoms with van der Waals surface area (Å²) in [7, 11) is -3.79. The number of amides is 1. The third-order valence-electron chi connectivity index (χ3n) is 4.74. The smallest absolute Gasteiger partial charge is 0.338 e. The third-order valence-corrected chi connectivity index (χ3v) is 6.12. The van der Waals surface area contributed by atoms with E-state index in [0.717, 1.165) is 24.1 Å². The molecule has 1 aliphatic rings. The van der Waals surface area contributed by atoms with E-state index in [1.54, 1.807) is 17.0 Å². The first kappa shape index (κ1) is 20.9. The number of sulfonamides is 1. The number of ether oxygens (including phenoxy) is 1. The van der Waals surface area contributed by atoms with Crippen molar-refractivity contribution in [2.75, 3.05) is 22.8 Å². The molecule has 1 amide bonds. The topological polar surface area (TPSA) is 92.8 Å². The summed E-state index contributed by atoms with van der Waals surface area (Å²) in [5.41, 5.74) is 2.29. The highest BCUT2D eigenvalue weighted by molar-refractivity contribution is 7.92. The second-order valence-electron chi connectivity index (χ2n) is 6.88. The van der Waals surface area contributed by atoms with Crippen LogP contribution in [0.1, 0.15) is 42.6 Å². The molecule has 0 aromatic heterocycles. The molecule has 154 valence electrons. The average molecular weight is 416 g/mol. The number of hydrogen-bond donors (Lipinski definition) is 1. The van der Waals surface area contributed by atoms with Crippen LogP contribution in [0.5, 0.6) is 0 Å². The normalized spacial score (nSPS) is 13.1. The van der Waals surface area contributed by atoms with E-state index < -0.39 is 16.0 Å². The van der Waals surface area contributed by atoms with Gasteiger partial charge in [0.1, 0.15) is 0 Å². The molecule has 2 aromatic rings. The van der Waals surface area contributed by atoms with Gasteiger partial charge in [0.2, 0.25) is 5.91 Å². The lowest BCUT2D eigenvalue weighted by Gasteiger charge is -2.15. The molecule has 1 N–H and O–H groups in total. The highest BCUT2D eigenvalue weighted by atomic mass is 32.2. The van der Waals surface area contributed by atoms with Crippen LogP contribution in [0.15, 0.2) is 47.4 Å². The lowest BCUT2D eigenvalue weighted by Crippen LogP contribution is -2.25. The van der Waals surface area contributed by atoms with Crippen LogP contribution < -0.4 is 9.62 Å². The van der Waals surface area contributed by atoms with E-state index in [0.29, 0.717) is 30.8 Å². The molecule has 8 heteroatoms. The van der Waals surface area contributed by atoms with Crippen molar-refractivity contribution in [2.24, 2.45) is 0 Å². The Balaban J connectivity index is 1.71. The van der Waals surface area contributed by atoms with Crippen molar-refractivity contribution in [3.63, 3.8) is 0 Å². The van der Waals surface area contributed by atoms with Crippen molar-refractivity contribution in [3.8, 4) is 0 Å². The van der Waals surface area contributed by atoms with Crippen LogP contribution in [0.25, 0.3) is 0 Å². The van der Waals surface area contributed by atoms with E-state index in [1.165, 1.54) is 37.3 Å². The molecule has 0 radical (unpaired) electrons. The standard InChI is InChI=1S/C21H24N2O5S/c1-3-4-13-28-21(25)16-5-7-18(8-6-16)22-29(26,27)19-9-10-20-17(14-19)11-12-23(20)15(2)24/h5-10,14,22H,3-4,11-13H2,1-2H3. The van der Waals surface area contributed by atoms with Gasteiger partial charge in [0.25, 0.3) is 10.0 Å². The Labute approximate surface area is 170 Å². The first-order chi connectivity index (χ1) is 13.8. The number of rotatable bonds is 7. The monoisotopic (exact) mass is 416 g/mol.